The lowest BCUT2D eigenvalue weighted by atomic mass is 9.96. The van der Waals surface area contributed by atoms with Crippen LogP contribution in [0, 0.1) is 12.3 Å². The highest BCUT2D eigenvalue weighted by molar-refractivity contribution is 7.99. The van der Waals surface area contributed by atoms with Crippen molar-refractivity contribution < 1.29 is 4.79 Å². The van der Waals surface area contributed by atoms with E-state index in [2.05, 4.69) is 21.2 Å². The number of benzene rings is 1. The number of terminal acetylenes is 1. The highest BCUT2D eigenvalue weighted by atomic mass is 35.5. The standard InChI is InChI=1S/C23H26ClN3OS/c1-7-16-11-18-12-17(8-9-19(18)26-14-16)13-20(29-6)22(28)27-23(3,4)21(25-5)10-15(2)24/h1,8-12,14,20H,13H2,2-6H3,(H,27,28)/b15-10+,25-21?. The molecule has 2 aromatic rings. The summed E-state index contributed by atoms with van der Waals surface area (Å²) in [5, 5.41) is 4.46. The zero-order valence-corrected chi connectivity index (χ0v) is 19.0. The number of carbonyl (C=O) groups is 1. The summed E-state index contributed by atoms with van der Waals surface area (Å²) >= 11 is 7.52. The van der Waals surface area contributed by atoms with Gasteiger partial charge in [0.15, 0.2) is 0 Å². The monoisotopic (exact) mass is 427 g/mol. The summed E-state index contributed by atoms with van der Waals surface area (Å²) in [6.45, 7) is 5.63. The van der Waals surface area contributed by atoms with Crippen molar-refractivity contribution in [2.45, 2.75) is 38.0 Å². The Bertz CT molecular complexity index is 1000. The first-order chi connectivity index (χ1) is 13.7. The second-order valence-electron chi connectivity index (χ2n) is 7.28. The summed E-state index contributed by atoms with van der Waals surface area (Å²) < 4.78 is 0. The largest absolute Gasteiger partial charge is 0.345 e. The molecule has 0 aliphatic rings. The molecule has 0 bridgehead atoms. The normalized spacial score (nSPS) is 13.8. The first-order valence-electron chi connectivity index (χ1n) is 9.21. The average molecular weight is 428 g/mol. The molecular formula is C23H26ClN3OS. The van der Waals surface area contributed by atoms with Crippen LogP contribution in [0.3, 0.4) is 0 Å². The Morgan fingerprint density at radius 3 is 2.76 bits per heavy atom. The summed E-state index contributed by atoms with van der Waals surface area (Å²) in [5.41, 5.74) is 2.76. The third kappa shape index (κ3) is 6.09. The van der Waals surface area contributed by atoms with Gasteiger partial charge in [0.25, 0.3) is 0 Å². The second kappa shape index (κ2) is 9.96. The van der Waals surface area contributed by atoms with E-state index >= 15 is 0 Å². The van der Waals surface area contributed by atoms with Gasteiger partial charge in [-0.1, -0.05) is 23.6 Å². The molecule has 0 aliphatic carbocycles. The number of carbonyl (C=O) groups excluding carboxylic acids is 1. The van der Waals surface area contributed by atoms with E-state index in [1.165, 1.54) is 11.8 Å². The Balaban J connectivity index is 2.20. The molecule has 0 aliphatic heterocycles. The lowest BCUT2D eigenvalue weighted by molar-refractivity contribution is -0.121. The number of thioether (sulfide) groups is 1. The Morgan fingerprint density at radius 1 is 1.45 bits per heavy atom. The van der Waals surface area contributed by atoms with Gasteiger partial charge in [-0.15, -0.1) is 6.42 Å². The molecule has 0 fully saturated rings. The fourth-order valence-corrected chi connectivity index (χ4v) is 3.78. The molecule has 1 aromatic carbocycles. The predicted molar refractivity (Wildman–Crippen MR) is 126 cm³/mol. The maximum atomic E-state index is 13.0. The number of hydrogen-bond acceptors (Lipinski definition) is 4. The summed E-state index contributed by atoms with van der Waals surface area (Å²) in [6.07, 6.45) is 11.5. The van der Waals surface area contributed by atoms with Gasteiger partial charge in [0, 0.05) is 29.2 Å². The SMILES string of the molecule is C#Cc1cnc2ccc(CC(SC)C(=O)NC(C)(C)C(/C=C(\C)Cl)=NC)cc2c1. The van der Waals surface area contributed by atoms with Gasteiger partial charge >= 0.3 is 0 Å². The molecule has 1 N–H and O–H groups in total. The summed E-state index contributed by atoms with van der Waals surface area (Å²) in [5.74, 6) is 2.57. The molecule has 1 aromatic heterocycles. The van der Waals surface area contributed by atoms with Crippen molar-refractivity contribution in [2.24, 2.45) is 4.99 Å². The number of fused-ring (bicyclic) bond motifs is 1. The zero-order valence-electron chi connectivity index (χ0n) is 17.4. The Hall–Kier alpha value is -2.29. The number of nitrogens with zero attached hydrogens (tertiary/aromatic N) is 2. The number of nitrogens with one attached hydrogen (secondary N) is 1. The van der Waals surface area contributed by atoms with Crippen molar-refractivity contribution in [1.82, 2.24) is 10.3 Å². The van der Waals surface area contributed by atoms with Gasteiger partial charge in [-0.3, -0.25) is 14.8 Å². The molecule has 4 nitrogen and oxygen atoms in total. The number of aliphatic imine (C=N–C) groups is 1. The lowest BCUT2D eigenvalue weighted by Gasteiger charge is -2.29. The van der Waals surface area contributed by atoms with Crippen LogP contribution in [0.4, 0.5) is 0 Å². The molecule has 1 unspecified atom stereocenters. The van der Waals surface area contributed by atoms with Crippen molar-refractivity contribution in [3.05, 3.63) is 52.7 Å². The van der Waals surface area contributed by atoms with Gasteiger partial charge in [0.2, 0.25) is 5.91 Å². The first-order valence-corrected chi connectivity index (χ1v) is 10.9. The lowest BCUT2D eigenvalue weighted by Crippen LogP contribution is -2.52. The third-order valence-corrected chi connectivity index (χ3v) is 5.62. The van der Waals surface area contributed by atoms with Gasteiger partial charge in [0.05, 0.1) is 22.0 Å². The topological polar surface area (TPSA) is 54.4 Å². The molecule has 0 saturated heterocycles. The Labute approximate surface area is 182 Å². The maximum Gasteiger partial charge on any atom is 0.234 e. The molecule has 1 atom stereocenters. The maximum absolute atomic E-state index is 13.0. The van der Waals surface area contributed by atoms with Crippen LogP contribution in [0.5, 0.6) is 0 Å². The molecule has 6 heteroatoms. The number of allylic oxidation sites excluding steroid dienone is 1. The Morgan fingerprint density at radius 2 is 2.17 bits per heavy atom. The number of pyridine rings is 1. The van der Waals surface area contributed by atoms with E-state index in [0.717, 1.165) is 27.7 Å². The molecule has 0 spiro atoms. The van der Waals surface area contributed by atoms with Crippen LogP contribution in [0.2, 0.25) is 0 Å². The van der Waals surface area contributed by atoms with Crippen LogP contribution < -0.4 is 5.32 Å². The fraction of sp³-hybridized carbons (Fsp3) is 0.348. The van der Waals surface area contributed by atoms with Gasteiger partial charge in [-0.05, 0) is 63.3 Å². The third-order valence-electron chi connectivity index (χ3n) is 4.56. The van der Waals surface area contributed by atoms with Crippen molar-refractivity contribution >= 4 is 45.9 Å². The van der Waals surface area contributed by atoms with Crippen molar-refractivity contribution in [3.63, 3.8) is 0 Å². The number of aromatic nitrogens is 1. The molecule has 0 radical (unpaired) electrons. The predicted octanol–water partition coefficient (Wildman–Crippen LogP) is 4.60. The summed E-state index contributed by atoms with van der Waals surface area (Å²) in [4.78, 5) is 21.6. The second-order valence-corrected chi connectivity index (χ2v) is 8.91. The van der Waals surface area contributed by atoms with Crippen LogP contribution in [0.15, 0.2) is 46.6 Å². The van der Waals surface area contributed by atoms with Crippen molar-refractivity contribution in [3.8, 4) is 12.3 Å². The molecule has 0 saturated carbocycles. The van der Waals surface area contributed by atoms with E-state index in [1.54, 1.807) is 26.2 Å². The van der Waals surface area contributed by atoms with Gasteiger partial charge in [-0.2, -0.15) is 11.8 Å². The molecule has 29 heavy (non-hydrogen) atoms. The summed E-state index contributed by atoms with van der Waals surface area (Å²) in [7, 11) is 1.69. The first kappa shape index (κ1) is 23.0. The number of amides is 1. The van der Waals surface area contributed by atoms with Gasteiger partial charge in [-0.25, -0.2) is 0 Å². The Kier molecular flexibility index (Phi) is 7.89. The summed E-state index contributed by atoms with van der Waals surface area (Å²) in [6, 6.07) is 7.95. The molecular weight excluding hydrogens is 402 g/mol. The van der Waals surface area contributed by atoms with E-state index < -0.39 is 5.54 Å². The van der Waals surface area contributed by atoms with E-state index in [-0.39, 0.29) is 11.2 Å². The van der Waals surface area contributed by atoms with Crippen LogP contribution in [-0.2, 0) is 11.2 Å². The number of hydrogen-bond donors (Lipinski definition) is 1. The number of rotatable bonds is 7. The molecule has 152 valence electrons. The van der Waals surface area contributed by atoms with E-state index in [4.69, 9.17) is 18.0 Å². The van der Waals surface area contributed by atoms with E-state index in [9.17, 15) is 4.79 Å². The highest BCUT2D eigenvalue weighted by Gasteiger charge is 2.29. The molecule has 1 heterocycles. The average Bonchev–Trinajstić information content (AvgIpc) is 2.68. The smallest absolute Gasteiger partial charge is 0.234 e. The minimum atomic E-state index is -0.634. The highest BCUT2D eigenvalue weighted by Crippen LogP contribution is 2.21. The minimum Gasteiger partial charge on any atom is -0.345 e. The van der Waals surface area contributed by atoms with Gasteiger partial charge in [0.1, 0.15) is 0 Å². The van der Waals surface area contributed by atoms with Crippen LogP contribution in [0.25, 0.3) is 10.9 Å². The van der Waals surface area contributed by atoms with E-state index in [1.807, 2.05) is 44.4 Å². The molecule has 1 amide bonds. The van der Waals surface area contributed by atoms with Crippen molar-refractivity contribution in [1.29, 1.82) is 0 Å². The van der Waals surface area contributed by atoms with Crippen LogP contribution >= 0.6 is 23.4 Å². The van der Waals surface area contributed by atoms with E-state index in [0.29, 0.717) is 11.5 Å². The van der Waals surface area contributed by atoms with Crippen LogP contribution in [0.1, 0.15) is 31.9 Å². The zero-order chi connectivity index (χ0) is 21.6. The quantitative estimate of drug-likeness (QED) is 0.519. The fourth-order valence-electron chi connectivity index (χ4n) is 3.05. The van der Waals surface area contributed by atoms with Crippen molar-refractivity contribution in [2.75, 3.05) is 13.3 Å². The molecule has 2 rings (SSSR count). The van der Waals surface area contributed by atoms with Crippen LogP contribution in [-0.4, -0.2) is 40.7 Å². The number of halogens is 1. The van der Waals surface area contributed by atoms with Gasteiger partial charge < -0.3 is 5.32 Å². The minimum absolute atomic E-state index is 0.0418.